The zero-order valence-corrected chi connectivity index (χ0v) is 22.7. The molecular weight excluding hydrogens is 504 g/mol. The summed E-state index contributed by atoms with van der Waals surface area (Å²) in [5, 5.41) is 16.6. The Morgan fingerprint density at radius 3 is 2.75 bits per heavy atom. The Hall–Kier alpha value is -4.31. The van der Waals surface area contributed by atoms with Gasteiger partial charge in [-0.3, -0.25) is 4.79 Å². The van der Waals surface area contributed by atoms with Gasteiger partial charge in [0, 0.05) is 59.9 Å². The third-order valence-electron chi connectivity index (χ3n) is 6.62. The van der Waals surface area contributed by atoms with E-state index in [4.69, 9.17) is 9.72 Å². The summed E-state index contributed by atoms with van der Waals surface area (Å²) < 4.78 is 5.56. The monoisotopic (exact) mass is 538 g/mol. The Morgan fingerprint density at radius 1 is 1.12 bits per heavy atom. The minimum Gasteiger partial charge on any atom is -0.394 e. The molecule has 1 aliphatic rings. The van der Waals surface area contributed by atoms with E-state index < -0.39 is 0 Å². The molecule has 0 spiro atoms. The number of anilines is 4. The van der Waals surface area contributed by atoms with Crippen LogP contribution in [0.15, 0.2) is 85.1 Å². The van der Waals surface area contributed by atoms with Gasteiger partial charge in [0.2, 0.25) is 11.9 Å². The molecule has 5 rings (SSSR count). The van der Waals surface area contributed by atoms with Crippen molar-refractivity contribution in [3.8, 4) is 11.1 Å². The van der Waals surface area contributed by atoms with Crippen LogP contribution in [-0.2, 0) is 9.53 Å². The standard InChI is InChI=1S/C31H34N6O3/c1-36(2)15-5-10-29(39)33-25-8-3-6-22(18-25)28-9-4-7-23-19-32-31(35-30(23)28)34-24-11-13-26(14-12-24)37-16-17-40-27(20-37)21-38/h3-14,18-19,27,38H,15-17,20-21H2,1-2H3,(H,33,39)(H,32,34,35). The number of ether oxygens (including phenoxy) is 1. The predicted molar refractivity (Wildman–Crippen MR) is 160 cm³/mol. The number of morpholine rings is 1. The van der Waals surface area contributed by atoms with Crippen molar-refractivity contribution in [3.63, 3.8) is 0 Å². The number of aliphatic hydroxyl groups is 1. The minimum absolute atomic E-state index is 0.0186. The second-order valence-electron chi connectivity index (χ2n) is 9.96. The highest BCUT2D eigenvalue weighted by molar-refractivity contribution is 6.00. The van der Waals surface area contributed by atoms with Gasteiger partial charge in [-0.05, 0) is 56.1 Å². The average Bonchev–Trinajstić information content (AvgIpc) is 2.97. The summed E-state index contributed by atoms with van der Waals surface area (Å²) >= 11 is 0. The molecule has 1 aromatic heterocycles. The molecule has 1 unspecified atom stereocenters. The molecule has 40 heavy (non-hydrogen) atoms. The Kier molecular flexibility index (Phi) is 8.65. The number of benzene rings is 3. The molecule has 1 atom stereocenters. The maximum Gasteiger partial charge on any atom is 0.248 e. The summed E-state index contributed by atoms with van der Waals surface area (Å²) in [5.41, 5.74) is 5.37. The molecule has 2 heterocycles. The molecule has 3 aromatic carbocycles. The van der Waals surface area contributed by atoms with Crippen LogP contribution in [0.2, 0.25) is 0 Å². The number of aliphatic hydroxyl groups excluding tert-OH is 1. The van der Waals surface area contributed by atoms with Crippen LogP contribution in [0.3, 0.4) is 0 Å². The fourth-order valence-corrected chi connectivity index (χ4v) is 4.62. The molecule has 0 radical (unpaired) electrons. The Bertz CT molecular complexity index is 1490. The Morgan fingerprint density at radius 2 is 1.95 bits per heavy atom. The lowest BCUT2D eigenvalue weighted by atomic mass is 10.0. The lowest BCUT2D eigenvalue weighted by molar-refractivity contribution is -0.111. The zero-order chi connectivity index (χ0) is 27.9. The van der Waals surface area contributed by atoms with E-state index in [1.807, 2.05) is 98.0 Å². The van der Waals surface area contributed by atoms with Gasteiger partial charge in [0.25, 0.3) is 0 Å². The second kappa shape index (κ2) is 12.7. The van der Waals surface area contributed by atoms with Crippen LogP contribution in [0.5, 0.6) is 0 Å². The highest BCUT2D eigenvalue weighted by atomic mass is 16.5. The third kappa shape index (κ3) is 6.81. The molecule has 1 saturated heterocycles. The van der Waals surface area contributed by atoms with Gasteiger partial charge in [-0.15, -0.1) is 0 Å². The fourth-order valence-electron chi connectivity index (χ4n) is 4.62. The van der Waals surface area contributed by atoms with Crippen LogP contribution < -0.4 is 15.5 Å². The molecule has 3 N–H and O–H groups in total. The molecule has 9 nitrogen and oxygen atoms in total. The second-order valence-corrected chi connectivity index (χ2v) is 9.96. The van der Waals surface area contributed by atoms with Gasteiger partial charge in [0.05, 0.1) is 24.8 Å². The number of nitrogens with one attached hydrogen (secondary N) is 2. The first-order valence-electron chi connectivity index (χ1n) is 13.3. The van der Waals surface area contributed by atoms with Gasteiger partial charge in [-0.2, -0.15) is 0 Å². The van der Waals surface area contributed by atoms with Gasteiger partial charge in [0.15, 0.2) is 0 Å². The molecular formula is C31H34N6O3. The van der Waals surface area contributed by atoms with Crippen molar-refractivity contribution in [1.29, 1.82) is 0 Å². The maximum absolute atomic E-state index is 12.3. The Labute approximate surface area is 234 Å². The highest BCUT2D eigenvalue weighted by Gasteiger charge is 2.20. The first-order chi connectivity index (χ1) is 19.5. The number of nitrogens with zero attached hydrogens (tertiary/aromatic N) is 4. The average molecular weight is 539 g/mol. The smallest absolute Gasteiger partial charge is 0.248 e. The van der Waals surface area contributed by atoms with E-state index >= 15 is 0 Å². The summed E-state index contributed by atoms with van der Waals surface area (Å²) in [6, 6.07) is 21.8. The number of aromatic nitrogens is 2. The van der Waals surface area contributed by atoms with E-state index in [1.165, 1.54) is 0 Å². The molecule has 0 saturated carbocycles. The Balaban J connectivity index is 1.33. The van der Waals surface area contributed by atoms with Crippen LogP contribution in [0, 0.1) is 0 Å². The molecule has 206 valence electrons. The normalized spacial score (nSPS) is 15.6. The number of rotatable bonds is 9. The van der Waals surface area contributed by atoms with Crippen molar-refractivity contribution in [2.24, 2.45) is 0 Å². The van der Waals surface area contributed by atoms with Gasteiger partial charge < -0.3 is 30.3 Å². The number of amides is 1. The highest BCUT2D eigenvalue weighted by Crippen LogP contribution is 2.30. The van der Waals surface area contributed by atoms with Gasteiger partial charge in [-0.1, -0.05) is 36.4 Å². The van der Waals surface area contributed by atoms with Gasteiger partial charge >= 0.3 is 0 Å². The number of fused-ring (bicyclic) bond motifs is 1. The van der Waals surface area contributed by atoms with Crippen molar-refractivity contribution < 1.29 is 14.6 Å². The largest absolute Gasteiger partial charge is 0.394 e. The van der Waals surface area contributed by atoms with E-state index in [0.717, 1.165) is 39.9 Å². The quantitative estimate of drug-likeness (QED) is 0.271. The van der Waals surface area contributed by atoms with Crippen LogP contribution in [0.1, 0.15) is 0 Å². The summed E-state index contributed by atoms with van der Waals surface area (Å²) in [4.78, 5) is 25.9. The number of likely N-dealkylation sites (N-methyl/N-ethyl adjacent to an activating group) is 1. The molecule has 0 bridgehead atoms. The third-order valence-corrected chi connectivity index (χ3v) is 6.62. The van der Waals surface area contributed by atoms with E-state index in [0.29, 0.717) is 31.3 Å². The predicted octanol–water partition coefficient (Wildman–Crippen LogP) is 4.29. The van der Waals surface area contributed by atoms with E-state index in [1.54, 1.807) is 6.08 Å². The van der Waals surface area contributed by atoms with Crippen molar-refractivity contribution in [2.45, 2.75) is 6.10 Å². The fraction of sp³-hybridized carbons (Fsp3) is 0.258. The van der Waals surface area contributed by atoms with Crippen molar-refractivity contribution in [1.82, 2.24) is 14.9 Å². The molecule has 1 amide bonds. The number of para-hydroxylation sites is 1. The van der Waals surface area contributed by atoms with E-state index in [2.05, 4.69) is 20.5 Å². The SMILES string of the molecule is CN(C)CC=CC(=O)Nc1cccc(-c2cccc3cnc(Nc4ccc(N5CCOC(CO)C5)cc4)nc23)c1. The summed E-state index contributed by atoms with van der Waals surface area (Å²) in [6.45, 7) is 2.77. The van der Waals surface area contributed by atoms with Crippen molar-refractivity contribution in [3.05, 3.63) is 85.1 Å². The molecule has 9 heteroatoms. The van der Waals surface area contributed by atoms with Crippen molar-refractivity contribution in [2.75, 3.05) is 62.5 Å². The van der Waals surface area contributed by atoms with Crippen LogP contribution in [0.4, 0.5) is 23.0 Å². The van der Waals surface area contributed by atoms with E-state index in [-0.39, 0.29) is 18.6 Å². The van der Waals surface area contributed by atoms with Gasteiger partial charge in [0.1, 0.15) is 0 Å². The molecule has 1 fully saturated rings. The summed E-state index contributed by atoms with van der Waals surface area (Å²) in [5.74, 6) is 0.327. The molecule has 4 aromatic rings. The number of carbonyl (C=O) groups is 1. The molecule has 1 aliphatic heterocycles. The van der Waals surface area contributed by atoms with Gasteiger partial charge in [-0.25, -0.2) is 9.97 Å². The van der Waals surface area contributed by atoms with E-state index in [9.17, 15) is 9.90 Å². The number of hydrogen-bond acceptors (Lipinski definition) is 8. The zero-order valence-electron chi connectivity index (χ0n) is 22.7. The van der Waals surface area contributed by atoms with Crippen LogP contribution in [-0.4, -0.2) is 78.9 Å². The van der Waals surface area contributed by atoms with Crippen molar-refractivity contribution >= 4 is 39.8 Å². The summed E-state index contributed by atoms with van der Waals surface area (Å²) in [7, 11) is 3.91. The minimum atomic E-state index is -0.168. The molecule has 0 aliphatic carbocycles. The van der Waals surface area contributed by atoms with Crippen LogP contribution >= 0.6 is 0 Å². The summed E-state index contributed by atoms with van der Waals surface area (Å²) in [6.07, 6.45) is 5.04. The first-order valence-corrected chi connectivity index (χ1v) is 13.3. The lowest BCUT2D eigenvalue weighted by Crippen LogP contribution is -2.44. The number of hydrogen-bond donors (Lipinski definition) is 3. The number of carbonyl (C=O) groups excluding carboxylic acids is 1. The topological polar surface area (TPSA) is 103 Å². The van der Waals surface area contributed by atoms with Crippen LogP contribution in [0.25, 0.3) is 22.0 Å². The maximum atomic E-state index is 12.3. The lowest BCUT2D eigenvalue weighted by Gasteiger charge is -2.33. The first kappa shape index (κ1) is 27.3.